The maximum atomic E-state index is 11.5. The van der Waals surface area contributed by atoms with Gasteiger partial charge >= 0.3 is 0 Å². The van der Waals surface area contributed by atoms with Gasteiger partial charge in [0.05, 0.1) is 6.61 Å². The molecule has 18 heavy (non-hydrogen) atoms. The molecule has 100 valence electrons. The van der Waals surface area contributed by atoms with Crippen LogP contribution in [0.1, 0.15) is 5.56 Å². The Morgan fingerprint density at radius 3 is 2.33 bits per heavy atom. The smallest absolute Gasteiger partial charge is 0.251 e. The lowest BCUT2D eigenvalue weighted by Crippen LogP contribution is -2.48. The van der Waals surface area contributed by atoms with E-state index in [0.29, 0.717) is 0 Å². The van der Waals surface area contributed by atoms with Crippen molar-refractivity contribution in [2.45, 2.75) is 24.9 Å². The van der Waals surface area contributed by atoms with Crippen molar-refractivity contribution >= 4 is 5.91 Å². The Bertz CT molecular complexity index is 370. The van der Waals surface area contributed by atoms with Crippen molar-refractivity contribution in [2.75, 3.05) is 6.61 Å². The summed E-state index contributed by atoms with van der Waals surface area (Å²) in [7, 11) is 0. The number of carbonyl (C=O) groups excluding carboxylic acids is 1. The molecule has 1 aromatic carbocycles. The summed E-state index contributed by atoms with van der Waals surface area (Å²) in [6.07, 6.45) is -5.05. The molecule has 0 aliphatic heterocycles. The Labute approximate surface area is 105 Å². The minimum Gasteiger partial charge on any atom is -0.394 e. The van der Waals surface area contributed by atoms with Gasteiger partial charge in [-0.05, 0) is 5.56 Å². The van der Waals surface area contributed by atoms with Gasteiger partial charge in [0.25, 0.3) is 5.91 Å². The van der Waals surface area contributed by atoms with Crippen LogP contribution in [0.15, 0.2) is 30.3 Å². The SMILES string of the molecule is O=C(NCc1ccccc1)[C@H](O)[C@H](O)[C@H](O)CO. The molecule has 0 saturated carbocycles. The molecule has 0 aromatic heterocycles. The minimum absolute atomic E-state index is 0.207. The number of hydrogen-bond acceptors (Lipinski definition) is 5. The highest BCUT2D eigenvalue weighted by Crippen LogP contribution is 2.02. The Balaban J connectivity index is 2.45. The molecule has 0 unspecified atom stereocenters. The van der Waals surface area contributed by atoms with Crippen LogP contribution in [-0.2, 0) is 11.3 Å². The topological polar surface area (TPSA) is 110 Å². The average Bonchev–Trinajstić information content (AvgIpc) is 2.43. The Hall–Kier alpha value is -1.47. The van der Waals surface area contributed by atoms with Gasteiger partial charge < -0.3 is 25.7 Å². The number of benzene rings is 1. The molecule has 0 bridgehead atoms. The zero-order chi connectivity index (χ0) is 13.5. The maximum absolute atomic E-state index is 11.5. The van der Waals surface area contributed by atoms with Crippen LogP contribution in [0.3, 0.4) is 0 Å². The first-order valence-electron chi connectivity index (χ1n) is 5.53. The molecule has 1 aromatic rings. The highest BCUT2D eigenvalue weighted by Gasteiger charge is 2.29. The van der Waals surface area contributed by atoms with Crippen LogP contribution in [0, 0.1) is 0 Å². The fraction of sp³-hybridized carbons (Fsp3) is 0.417. The van der Waals surface area contributed by atoms with Gasteiger partial charge in [-0.2, -0.15) is 0 Å². The van der Waals surface area contributed by atoms with Crippen LogP contribution in [0.2, 0.25) is 0 Å². The number of nitrogens with one attached hydrogen (secondary N) is 1. The van der Waals surface area contributed by atoms with Gasteiger partial charge in [-0.3, -0.25) is 4.79 Å². The van der Waals surface area contributed by atoms with E-state index in [1.807, 2.05) is 18.2 Å². The molecule has 0 aliphatic carbocycles. The van der Waals surface area contributed by atoms with Crippen LogP contribution in [0.5, 0.6) is 0 Å². The van der Waals surface area contributed by atoms with E-state index in [0.717, 1.165) is 5.56 Å². The summed E-state index contributed by atoms with van der Waals surface area (Å²) in [5.41, 5.74) is 0.843. The summed E-state index contributed by atoms with van der Waals surface area (Å²) >= 11 is 0. The molecular weight excluding hydrogens is 238 g/mol. The number of aliphatic hydroxyl groups is 4. The molecular formula is C12H17NO5. The lowest BCUT2D eigenvalue weighted by Gasteiger charge is -2.20. The molecule has 1 amide bonds. The van der Waals surface area contributed by atoms with Crippen molar-refractivity contribution in [3.63, 3.8) is 0 Å². The largest absolute Gasteiger partial charge is 0.394 e. The van der Waals surface area contributed by atoms with Gasteiger partial charge in [0.2, 0.25) is 0 Å². The molecule has 0 radical (unpaired) electrons. The van der Waals surface area contributed by atoms with Crippen molar-refractivity contribution in [3.05, 3.63) is 35.9 Å². The molecule has 0 aliphatic rings. The quantitative estimate of drug-likeness (QED) is 0.419. The lowest BCUT2D eigenvalue weighted by molar-refractivity contribution is -0.142. The Morgan fingerprint density at radius 1 is 1.17 bits per heavy atom. The normalized spacial score (nSPS) is 15.8. The van der Waals surface area contributed by atoms with Crippen LogP contribution in [0.4, 0.5) is 0 Å². The fourth-order valence-corrected chi connectivity index (χ4v) is 1.36. The zero-order valence-electron chi connectivity index (χ0n) is 9.73. The molecule has 0 spiro atoms. The van der Waals surface area contributed by atoms with Gasteiger partial charge in [-0.25, -0.2) is 0 Å². The lowest BCUT2D eigenvalue weighted by atomic mass is 10.1. The predicted molar refractivity (Wildman–Crippen MR) is 63.4 cm³/mol. The first kappa shape index (κ1) is 14.6. The maximum Gasteiger partial charge on any atom is 0.251 e. The number of aliphatic hydroxyl groups excluding tert-OH is 4. The first-order valence-corrected chi connectivity index (χ1v) is 5.53. The van der Waals surface area contributed by atoms with E-state index < -0.39 is 30.8 Å². The van der Waals surface area contributed by atoms with Gasteiger partial charge in [-0.1, -0.05) is 30.3 Å². The summed E-state index contributed by atoms with van der Waals surface area (Å²) < 4.78 is 0. The van der Waals surface area contributed by atoms with Gasteiger partial charge in [-0.15, -0.1) is 0 Å². The van der Waals surface area contributed by atoms with Crippen LogP contribution in [-0.4, -0.2) is 51.3 Å². The third-order valence-corrected chi connectivity index (χ3v) is 2.48. The second-order valence-corrected chi connectivity index (χ2v) is 3.89. The van der Waals surface area contributed by atoms with Crippen molar-refractivity contribution in [3.8, 4) is 0 Å². The first-order chi connectivity index (χ1) is 8.56. The molecule has 0 fully saturated rings. The predicted octanol–water partition coefficient (Wildman–Crippen LogP) is -1.62. The number of amides is 1. The van der Waals surface area contributed by atoms with Crippen molar-refractivity contribution in [1.29, 1.82) is 0 Å². The standard InChI is InChI=1S/C12H17NO5/c14-7-9(15)10(16)11(17)12(18)13-6-8-4-2-1-3-5-8/h1-5,9-11,14-17H,6-7H2,(H,13,18)/t9-,10-,11-/m1/s1. The van der Waals surface area contributed by atoms with E-state index in [2.05, 4.69) is 5.32 Å². The van der Waals surface area contributed by atoms with Gasteiger partial charge in [0, 0.05) is 6.54 Å². The average molecular weight is 255 g/mol. The molecule has 1 rings (SSSR count). The summed E-state index contributed by atoms with van der Waals surface area (Å²) in [5.74, 6) is -0.807. The second-order valence-electron chi connectivity index (χ2n) is 3.89. The molecule has 6 nitrogen and oxygen atoms in total. The van der Waals surface area contributed by atoms with Crippen LogP contribution >= 0.6 is 0 Å². The van der Waals surface area contributed by atoms with E-state index in [-0.39, 0.29) is 6.54 Å². The van der Waals surface area contributed by atoms with E-state index in [9.17, 15) is 15.0 Å². The minimum atomic E-state index is -1.78. The van der Waals surface area contributed by atoms with Crippen molar-refractivity contribution in [2.24, 2.45) is 0 Å². The van der Waals surface area contributed by atoms with E-state index in [1.54, 1.807) is 12.1 Å². The van der Waals surface area contributed by atoms with Crippen LogP contribution < -0.4 is 5.32 Å². The monoisotopic (exact) mass is 255 g/mol. The van der Waals surface area contributed by atoms with E-state index in [1.165, 1.54) is 0 Å². The zero-order valence-corrected chi connectivity index (χ0v) is 9.73. The summed E-state index contributed by atoms with van der Waals surface area (Å²) in [5, 5.41) is 38.9. The summed E-state index contributed by atoms with van der Waals surface area (Å²) in [6, 6.07) is 9.05. The highest BCUT2D eigenvalue weighted by molar-refractivity contribution is 5.81. The molecule has 3 atom stereocenters. The second kappa shape index (κ2) is 7.07. The molecule has 0 heterocycles. The van der Waals surface area contributed by atoms with Crippen LogP contribution in [0.25, 0.3) is 0 Å². The Kier molecular flexibility index (Phi) is 5.73. The number of rotatable bonds is 6. The third kappa shape index (κ3) is 4.08. The molecule has 0 saturated heterocycles. The summed E-state index contributed by atoms with van der Waals surface area (Å²) in [6.45, 7) is -0.525. The molecule has 6 heteroatoms. The molecule has 5 N–H and O–H groups in total. The third-order valence-electron chi connectivity index (χ3n) is 2.48. The number of hydrogen-bond donors (Lipinski definition) is 5. The van der Waals surface area contributed by atoms with Crippen molar-refractivity contribution in [1.82, 2.24) is 5.32 Å². The van der Waals surface area contributed by atoms with Gasteiger partial charge in [0.15, 0.2) is 6.10 Å². The Morgan fingerprint density at radius 2 is 1.78 bits per heavy atom. The fourth-order valence-electron chi connectivity index (χ4n) is 1.36. The van der Waals surface area contributed by atoms with Gasteiger partial charge in [0.1, 0.15) is 12.2 Å². The van der Waals surface area contributed by atoms with E-state index >= 15 is 0 Å². The summed E-state index contributed by atoms with van der Waals surface area (Å²) in [4.78, 5) is 11.5. The van der Waals surface area contributed by atoms with Crippen molar-refractivity contribution < 1.29 is 25.2 Å². The van der Waals surface area contributed by atoms with E-state index in [4.69, 9.17) is 10.2 Å². The highest BCUT2D eigenvalue weighted by atomic mass is 16.4. The number of carbonyl (C=O) groups is 1.